The maximum Gasteiger partial charge on any atom is 0.266 e. The van der Waals surface area contributed by atoms with Gasteiger partial charge in [-0.05, 0) is 55.3 Å². The lowest BCUT2D eigenvalue weighted by Crippen LogP contribution is -2.29. The molecular formula is C25H30N2O3S. The number of aryl methyl sites for hydroxylation is 1. The van der Waals surface area contributed by atoms with Gasteiger partial charge in [0.1, 0.15) is 0 Å². The zero-order valence-corrected chi connectivity index (χ0v) is 19.7. The number of ether oxygens (including phenoxy) is 2. The van der Waals surface area contributed by atoms with Crippen LogP contribution in [0.25, 0.3) is 6.08 Å². The fraction of sp³-hybridized carbons (Fsp3) is 0.360. The topological polar surface area (TPSA) is 51.1 Å². The van der Waals surface area contributed by atoms with Crippen molar-refractivity contribution in [3.8, 4) is 11.5 Å². The molecule has 1 heterocycles. The highest BCUT2D eigenvalue weighted by atomic mass is 32.2. The van der Waals surface area contributed by atoms with Gasteiger partial charge in [-0.15, -0.1) is 0 Å². The number of benzene rings is 2. The summed E-state index contributed by atoms with van der Waals surface area (Å²) >= 11 is 1.40. The lowest BCUT2D eigenvalue weighted by atomic mass is 10.1. The molecule has 0 atom stereocenters. The van der Waals surface area contributed by atoms with Crippen LogP contribution in [0.4, 0.5) is 5.69 Å². The number of carbonyl (C=O) groups is 1. The number of para-hydroxylation sites is 1. The molecule has 6 heteroatoms. The van der Waals surface area contributed by atoms with Gasteiger partial charge in [-0.3, -0.25) is 9.69 Å². The maximum atomic E-state index is 13.2. The molecule has 1 aliphatic heterocycles. The lowest BCUT2D eigenvalue weighted by Gasteiger charge is -2.15. The normalized spacial score (nSPS) is 16.6. The Kier molecular flexibility index (Phi) is 7.80. The zero-order valence-electron chi connectivity index (χ0n) is 18.8. The van der Waals surface area contributed by atoms with E-state index in [0.717, 1.165) is 17.7 Å². The van der Waals surface area contributed by atoms with Crippen molar-refractivity contribution in [1.29, 1.82) is 0 Å². The first-order valence-electron chi connectivity index (χ1n) is 10.6. The Labute approximate surface area is 189 Å². The molecule has 5 nitrogen and oxygen atoms in total. The van der Waals surface area contributed by atoms with Crippen molar-refractivity contribution in [2.45, 2.75) is 34.1 Å². The summed E-state index contributed by atoms with van der Waals surface area (Å²) in [4.78, 5) is 20.3. The van der Waals surface area contributed by atoms with Crippen LogP contribution in [-0.4, -0.2) is 36.2 Å². The smallest absolute Gasteiger partial charge is 0.266 e. The minimum Gasteiger partial charge on any atom is -0.493 e. The van der Waals surface area contributed by atoms with Gasteiger partial charge in [-0.25, -0.2) is 4.99 Å². The summed E-state index contributed by atoms with van der Waals surface area (Å²) in [5, 5.41) is 0.703. The van der Waals surface area contributed by atoms with E-state index in [-0.39, 0.29) is 5.91 Å². The minimum absolute atomic E-state index is 0.0321. The average Bonchev–Trinajstić information content (AvgIpc) is 3.03. The monoisotopic (exact) mass is 438 g/mol. The number of amidine groups is 1. The van der Waals surface area contributed by atoms with E-state index in [1.54, 1.807) is 12.0 Å². The highest BCUT2D eigenvalue weighted by Gasteiger charge is 2.33. The Hall–Kier alpha value is -2.73. The van der Waals surface area contributed by atoms with Gasteiger partial charge in [0.25, 0.3) is 5.91 Å². The number of amides is 1. The molecule has 0 N–H and O–H groups in total. The molecule has 1 fully saturated rings. The lowest BCUT2D eigenvalue weighted by molar-refractivity contribution is -0.122. The van der Waals surface area contributed by atoms with Gasteiger partial charge >= 0.3 is 0 Å². The first-order chi connectivity index (χ1) is 14.9. The largest absolute Gasteiger partial charge is 0.493 e. The number of rotatable bonds is 8. The highest BCUT2D eigenvalue weighted by molar-refractivity contribution is 8.18. The summed E-state index contributed by atoms with van der Waals surface area (Å²) < 4.78 is 11.5. The van der Waals surface area contributed by atoms with Crippen molar-refractivity contribution < 1.29 is 14.3 Å². The molecule has 1 saturated heterocycles. The molecule has 1 aliphatic rings. The third-order valence-corrected chi connectivity index (χ3v) is 5.68. The van der Waals surface area contributed by atoms with Gasteiger partial charge in [0.15, 0.2) is 16.7 Å². The SMILES string of the molecule is CCCN1C(=O)/C(=C\c2cccc(OC)c2OCC(C)C)SC1=Nc1ccc(C)cc1. The van der Waals surface area contributed by atoms with Crippen LogP contribution in [0.1, 0.15) is 38.3 Å². The van der Waals surface area contributed by atoms with Crippen LogP contribution in [0.5, 0.6) is 11.5 Å². The second-order valence-corrected chi connectivity index (χ2v) is 8.89. The van der Waals surface area contributed by atoms with E-state index in [1.807, 2.05) is 55.5 Å². The van der Waals surface area contributed by atoms with Gasteiger partial charge < -0.3 is 9.47 Å². The van der Waals surface area contributed by atoms with Gasteiger partial charge in [0, 0.05) is 12.1 Å². The van der Waals surface area contributed by atoms with E-state index >= 15 is 0 Å². The van der Waals surface area contributed by atoms with Crippen molar-refractivity contribution in [2.24, 2.45) is 10.9 Å². The Morgan fingerprint density at radius 1 is 1.16 bits per heavy atom. The van der Waals surface area contributed by atoms with E-state index in [2.05, 4.69) is 20.8 Å². The summed E-state index contributed by atoms with van der Waals surface area (Å²) in [6.07, 6.45) is 2.74. The molecule has 164 valence electrons. The minimum atomic E-state index is -0.0321. The van der Waals surface area contributed by atoms with Gasteiger partial charge in [-0.2, -0.15) is 0 Å². The van der Waals surface area contributed by atoms with Crippen molar-refractivity contribution >= 4 is 34.6 Å². The molecule has 3 rings (SSSR count). The van der Waals surface area contributed by atoms with Gasteiger partial charge in [0.05, 0.1) is 24.3 Å². The number of methoxy groups -OCH3 is 1. The average molecular weight is 439 g/mol. The second kappa shape index (κ2) is 10.5. The Balaban J connectivity index is 1.97. The molecule has 0 bridgehead atoms. The number of hydrogen-bond donors (Lipinski definition) is 0. The summed E-state index contributed by atoms with van der Waals surface area (Å²) in [5.41, 5.74) is 2.84. The first kappa shape index (κ1) is 22.9. The fourth-order valence-corrected chi connectivity index (χ4v) is 4.11. The van der Waals surface area contributed by atoms with Crippen molar-refractivity contribution in [3.05, 3.63) is 58.5 Å². The van der Waals surface area contributed by atoms with Crippen LogP contribution in [0.2, 0.25) is 0 Å². The van der Waals surface area contributed by atoms with Crippen LogP contribution in [-0.2, 0) is 4.79 Å². The Morgan fingerprint density at radius 2 is 1.90 bits per heavy atom. The van der Waals surface area contributed by atoms with E-state index in [0.29, 0.717) is 40.6 Å². The van der Waals surface area contributed by atoms with Crippen LogP contribution in [0, 0.1) is 12.8 Å². The van der Waals surface area contributed by atoms with E-state index in [1.165, 1.54) is 17.3 Å². The van der Waals surface area contributed by atoms with E-state index in [4.69, 9.17) is 14.5 Å². The van der Waals surface area contributed by atoms with Crippen molar-refractivity contribution in [1.82, 2.24) is 4.90 Å². The van der Waals surface area contributed by atoms with Crippen LogP contribution in [0.3, 0.4) is 0 Å². The van der Waals surface area contributed by atoms with E-state index in [9.17, 15) is 4.79 Å². The number of hydrogen-bond acceptors (Lipinski definition) is 5. The molecule has 0 aliphatic carbocycles. The molecule has 2 aromatic rings. The molecular weight excluding hydrogens is 408 g/mol. The third-order valence-electron chi connectivity index (χ3n) is 4.67. The van der Waals surface area contributed by atoms with Crippen molar-refractivity contribution in [2.75, 3.05) is 20.3 Å². The van der Waals surface area contributed by atoms with Gasteiger partial charge in [0.2, 0.25) is 0 Å². The molecule has 0 aromatic heterocycles. The molecule has 1 amide bonds. The van der Waals surface area contributed by atoms with Crippen LogP contribution < -0.4 is 9.47 Å². The summed E-state index contributed by atoms with van der Waals surface area (Å²) in [6.45, 7) is 9.49. The molecule has 0 unspecified atom stereocenters. The third kappa shape index (κ3) is 5.70. The summed E-state index contributed by atoms with van der Waals surface area (Å²) in [6, 6.07) is 13.7. The molecule has 2 aromatic carbocycles. The molecule has 0 radical (unpaired) electrons. The standard InChI is InChI=1S/C25H30N2O3S/c1-6-14-27-24(28)22(31-25(27)26-20-12-10-18(4)11-13-20)15-19-8-7-9-21(29-5)23(19)30-16-17(2)3/h7-13,15,17H,6,14,16H2,1-5H3/b22-15+,26-25?. The van der Waals surface area contributed by atoms with Gasteiger partial charge in [-0.1, -0.05) is 50.6 Å². The quantitative estimate of drug-likeness (QED) is 0.471. The molecule has 0 saturated carbocycles. The van der Waals surface area contributed by atoms with Crippen molar-refractivity contribution in [3.63, 3.8) is 0 Å². The highest BCUT2D eigenvalue weighted by Crippen LogP contribution is 2.38. The predicted molar refractivity (Wildman–Crippen MR) is 129 cm³/mol. The number of nitrogens with zero attached hydrogens (tertiary/aromatic N) is 2. The first-order valence-corrected chi connectivity index (χ1v) is 11.4. The second-order valence-electron chi connectivity index (χ2n) is 7.88. The van der Waals surface area contributed by atoms with E-state index < -0.39 is 0 Å². The fourth-order valence-electron chi connectivity index (χ4n) is 3.09. The summed E-state index contributed by atoms with van der Waals surface area (Å²) in [7, 11) is 1.62. The Morgan fingerprint density at radius 3 is 2.55 bits per heavy atom. The number of thioether (sulfide) groups is 1. The number of aliphatic imine (C=N–C) groups is 1. The zero-order chi connectivity index (χ0) is 22.4. The molecule has 0 spiro atoms. The Bertz CT molecular complexity index is 981. The predicted octanol–water partition coefficient (Wildman–Crippen LogP) is 6.05. The maximum absolute atomic E-state index is 13.2. The summed E-state index contributed by atoms with van der Waals surface area (Å²) in [5.74, 6) is 1.66. The van der Waals surface area contributed by atoms with Crippen LogP contribution in [0.15, 0.2) is 52.4 Å². The molecule has 31 heavy (non-hydrogen) atoms. The number of carbonyl (C=O) groups excluding carboxylic acids is 1. The van der Waals surface area contributed by atoms with Crippen LogP contribution >= 0.6 is 11.8 Å².